The highest BCUT2D eigenvalue weighted by Gasteiger charge is 2.40. The van der Waals surface area contributed by atoms with Crippen molar-refractivity contribution in [2.45, 2.75) is 19.1 Å². The van der Waals surface area contributed by atoms with Gasteiger partial charge < -0.3 is 9.47 Å². The van der Waals surface area contributed by atoms with E-state index in [0.717, 1.165) is 22.0 Å². The van der Waals surface area contributed by atoms with Gasteiger partial charge in [-0.3, -0.25) is 0 Å². The van der Waals surface area contributed by atoms with Crippen molar-refractivity contribution in [2.24, 2.45) is 0 Å². The highest BCUT2D eigenvalue weighted by atomic mass is 79.9. The molecule has 0 bridgehead atoms. The molecule has 0 aromatic heterocycles. The Balaban J connectivity index is 2.14. The Morgan fingerprint density at radius 1 is 1.00 bits per heavy atom. The van der Waals surface area contributed by atoms with Gasteiger partial charge in [-0.2, -0.15) is 0 Å². The molecule has 2 aromatic rings. The van der Waals surface area contributed by atoms with Crippen molar-refractivity contribution < 1.29 is 9.47 Å². The van der Waals surface area contributed by atoms with Crippen molar-refractivity contribution in [3.63, 3.8) is 0 Å². The maximum absolute atomic E-state index is 6.02. The zero-order valence-electron chi connectivity index (χ0n) is 11.4. The van der Waals surface area contributed by atoms with Gasteiger partial charge in [0.05, 0.1) is 13.2 Å². The molecule has 0 saturated carbocycles. The molecule has 1 aliphatic rings. The van der Waals surface area contributed by atoms with Gasteiger partial charge in [0.2, 0.25) is 5.79 Å². The van der Waals surface area contributed by atoms with Gasteiger partial charge in [-0.25, -0.2) is 0 Å². The molecule has 1 heterocycles. The molecule has 0 N–H and O–H groups in total. The summed E-state index contributed by atoms with van der Waals surface area (Å²) >= 11 is 3.59. The largest absolute Gasteiger partial charge is 0.340 e. The van der Waals surface area contributed by atoms with Crippen LogP contribution < -0.4 is 0 Å². The van der Waals surface area contributed by atoms with Crippen molar-refractivity contribution in [1.82, 2.24) is 0 Å². The van der Waals surface area contributed by atoms with E-state index in [1.807, 2.05) is 18.2 Å². The number of halogens is 1. The first-order chi connectivity index (χ1) is 9.74. The quantitative estimate of drug-likeness (QED) is 0.836. The molecular weight excluding hydrogens is 316 g/mol. The van der Waals surface area contributed by atoms with Crippen LogP contribution in [0.15, 0.2) is 53.0 Å². The third kappa shape index (κ3) is 2.41. The molecule has 0 amide bonds. The maximum Gasteiger partial charge on any atom is 0.222 e. The van der Waals surface area contributed by atoms with Gasteiger partial charge >= 0.3 is 0 Å². The fraction of sp³-hybridized carbons (Fsp3) is 0.294. The molecular formula is C17H17BrO2. The van der Waals surface area contributed by atoms with Gasteiger partial charge in [0.1, 0.15) is 0 Å². The SMILES string of the molecule is CCc1cc(Br)cc(C2(c3ccccc3)OCCO2)c1. The van der Waals surface area contributed by atoms with Gasteiger partial charge in [0.25, 0.3) is 0 Å². The molecule has 20 heavy (non-hydrogen) atoms. The Morgan fingerprint density at radius 3 is 2.35 bits per heavy atom. The van der Waals surface area contributed by atoms with E-state index in [0.29, 0.717) is 13.2 Å². The fourth-order valence-electron chi connectivity index (χ4n) is 2.61. The summed E-state index contributed by atoms with van der Waals surface area (Å²) in [5.74, 6) is -0.769. The molecule has 1 saturated heterocycles. The highest BCUT2D eigenvalue weighted by Crippen LogP contribution is 2.39. The van der Waals surface area contributed by atoms with E-state index in [2.05, 4.69) is 53.2 Å². The molecule has 0 unspecified atom stereocenters. The minimum absolute atomic E-state index is 0.614. The maximum atomic E-state index is 6.02. The Morgan fingerprint density at radius 2 is 1.70 bits per heavy atom. The molecule has 0 radical (unpaired) electrons. The predicted molar refractivity (Wildman–Crippen MR) is 82.6 cm³/mol. The van der Waals surface area contributed by atoms with E-state index in [1.165, 1.54) is 5.56 Å². The lowest BCUT2D eigenvalue weighted by atomic mass is 9.95. The first-order valence-electron chi connectivity index (χ1n) is 6.88. The predicted octanol–water partition coefficient (Wildman–Crippen LogP) is 4.26. The zero-order chi connectivity index (χ0) is 14.0. The summed E-state index contributed by atoms with van der Waals surface area (Å²) in [6, 6.07) is 16.5. The van der Waals surface area contributed by atoms with Gasteiger partial charge in [-0.05, 0) is 30.2 Å². The van der Waals surface area contributed by atoms with Crippen LogP contribution in [-0.4, -0.2) is 13.2 Å². The number of hydrogen-bond donors (Lipinski definition) is 0. The third-order valence-corrected chi connectivity index (χ3v) is 4.05. The van der Waals surface area contributed by atoms with Crippen LogP contribution in [0.2, 0.25) is 0 Å². The average molecular weight is 333 g/mol. The first kappa shape index (κ1) is 13.8. The van der Waals surface area contributed by atoms with Crippen LogP contribution in [0.5, 0.6) is 0 Å². The zero-order valence-corrected chi connectivity index (χ0v) is 13.0. The number of aryl methyl sites for hydroxylation is 1. The normalized spacial score (nSPS) is 17.3. The van der Waals surface area contributed by atoms with Crippen molar-refractivity contribution in [2.75, 3.05) is 13.2 Å². The van der Waals surface area contributed by atoms with Crippen molar-refractivity contribution in [3.8, 4) is 0 Å². The number of rotatable bonds is 3. The Bertz CT molecular complexity index is 589. The molecule has 1 aliphatic heterocycles. The second kappa shape index (κ2) is 5.68. The van der Waals surface area contributed by atoms with Gasteiger partial charge in [0.15, 0.2) is 0 Å². The summed E-state index contributed by atoms with van der Waals surface area (Å²) in [6.45, 7) is 3.38. The summed E-state index contributed by atoms with van der Waals surface area (Å²) < 4.78 is 13.1. The Hall–Kier alpha value is -1.16. The van der Waals surface area contributed by atoms with E-state index in [1.54, 1.807) is 0 Å². The molecule has 3 heteroatoms. The van der Waals surface area contributed by atoms with Crippen LogP contribution in [-0.2, 0) is 21.7 Å². The van der Waals surface area contributed by atoms with Crippen LogP contribution in [0.1, 0.15) is 23.6 Å². The van der Waals surface area contributed by atoms with Crippen molar-refractivity contribution in [3.05, 3.63) is 69.7 Å². The molecule has 3 rings (SSSR count). The van der Waals surface area contributed by atoms with Crippen molar-refractivity contribution in [1.29, 1.82) is 0 Å². The van der Waals surface area contributed by atoms with Crippen LogP contribution in [0.25, 0.3) is 0 Å². The van der Waals surface area contributed by atoms with Crippen LogP contribution in [0, 0.1) is 0 Å². The van der Waals surface area contributed by atoms with Gasteiger partial charge in [-0.1, -0.05) is 53.2 Å². The van der Waals surface area contributed by atoms with Crippen LogP contribution >= 0.6 is 15.9 Å². The van der Waals surface area contributed by atoms with Gasteiger partial charge in [0, 0.05) is 15.6 Å². The molecule has 0 spiro atoms. The lowest BCUT2D eigenvalue weighted by Gasteiger charge is -2.29. The number of ether oxygens (including phenoxy) is 2. The summed E-state index contributed by atoms with van der Waals surface area (Å²) in [5.41, 5.74) is 3.36. The number of benzene rings is 2. The summed E-state index contributed by atoms with van der Waals surface area (Å²) in [6.07, 6.45) is 0.983. The summed E-state index contributed by atoms with van der Waals surface area (Å²) in [7, 11) is 0. The van der Waals surface area contributed by atoms with E-state index in [-0.39, 0.29) is 0 Å². The van der Waals surface area contributed by atoms with Crippen LogP contribution in [0.3, 0.4) is 0 Å². The molecule has 0 aliphatic carbocycles. The highest BCUT2D eigenvalue weighted by molar-refractivity contribution is 9.10. The average Bonchev–Trinajstić information content (AvgIpc) is 2.98. The van der Waals surface area contributed by atoms with Gasteiger partial charge in [-0.15, -0.1) is 0 Å². The van der Waals surface area contributed by atoms with E-state index in [9.17, 15) is 0 Å². The topological polar surface area (TPSA) is 18.5 Å². The molecule has 2 nitrogen and oxygen atoms in total. The van der Waals surface area contributed by atoms with Crippen LogP contribution in [0.4, 0.5) is 0 Å². The molecule has 104 valence electrons. The van der Waals surface area contributed by atoms with E-state index in [4.69, 9.17) is 9.47 Å². The number of hydrogen-bond acceptors (Lipinski definition) is 2. The van der Waals surface area contributed by atoms with E-state index < -0.39 is 5.79 Å². The lowest BCUT2D eigenvalue weighted by molar-refractivity contribution is -0.130. The molecule has 0 atom stereocenters. The summed E-state index contributed by atoms with van der Waals surface area (Å²) in [5, 5.41) is 0. The Kier molecular flexibility index (Phi) is 3.92. The smallest absolute Gasteiger partial charge is 0.222 e. The molecule has 2 aromatic carbocycles. The third-order valence-electron chi connectivity index (χ3n) is 3.59. The fourth-order valence-corrected chi connectivity index (χ4v) is 3.16. The monoisotopic (exact) mass is 332 g/mol. The minimum atomic E-state index is -0.769. The standard InChI is InChI=1S/C17H17BrO2/c1-2-13-10-15(12-16(18)11-13)17(19-8-9-20-17)14-6-4-3-5-7-14/h3-7,10-12H,2,8-9H2,1H3. The Labute approximate surface area is 127 Å². The second-order valence-corrected chi connectivity index (χ2v) is 5.80. The second-order valence-electron chi connectivity index (χ2n) is 4.88. The van der Waals surface area contributed by atoms with E-state index >= 15 is 0 Å². The minimum Gasteiger partial charge on any atom is -0.340 e. The lowest BCUT2D eigenvalue weighted by Crippen LogP contribution is -2.28. The van der Waals surface area contributed by atoms with Crippen molar-refractivity contribution >= 4 is 15.9 Å². The molecule has 1 fully saturated rings. The summed E-state index contributed by atoms with van der Waals surface area (Å²) in [4.78, 5) is 0. The first-order valence-corrected chi connectivity index (χ1v) is 7.67.